The summed E-state index contributed by atoms with van der Waals surface area (Å²) in [5.74, 6) is 1.56. The van der Waals surface area contributed by atoms with E-state index in [-0.39, 0.29) is 22.6 Å². The Kier molecular flexibility index (Phi) is 5.39. The minimum absolute atomic E-state index is 0.192. The van der Waals surface area contributed by atoms with Gasteiger partial charge in [-0.15, -0.1) is 0 Å². The second-order valence-corrected chi connectivity index (χ2v) is 9.30. The van der Waals surface area contributed by atoms with E-state index in [4.69, 9.17) is 27.8 Å². The van der Waals surface area contributed by atoms with Crippen LogP contribution in [0.25, 0.3) is 0 Å². The molecule has 29 heavy (non-hydrogen) atoms. The van der Waals surface area contributed by atoms with Crippen LogP contribution in [-0.2, 0) is 11.8 Å². The van der Waals surface area contributed by atoms with Crippen LogP contribution in [0.5, 0.6) is 0 Å². The Hall–Kier alpha value is -1.97. The molecule has 4 heterocycles. The van der Waals surface area contributed by atoms with Gasteiger partial charge in [-0.3, -0.25) is 9.36 Å². The van der Waals surface area contributed by atoms with Gasteiger partial charge in [-0.1, -0.05) is 30.3 Å². The van der Waals surface area contributed by atoms with Gasteiger partial charge in [0.2, 0.25) is 5.95 Å². The number of hydrogen-bond donors (Lipinski definition) is 2. The summed E-state index contributed by atoms with van der Waals surface area (Å²) >= 11 is 7.37. The van der Waals surface area contributed by atoms with Crippen LogP contribution >= 0.6 is 23.4 Å². The molecular weight excluding hydrogens is 412 g/mol. The summed E-state index contributed by atoms with van der Waals surface area (Å²) in [6.45, 7) is 5.57. The summed E-state index contributed by atoms with van der Waals surface area (Å²) in [4.78, 5) is 24.6. The lowest BCUT2D eigenvalue weighted by atomic mass is 9.72. The highest BCUT2D eigenvalue weighted by molar-refractivity contribution is 7.99. The Morgan fingerprint density at radius 3 is 2.69 bits per heavy atom. The number of nitrogens with zero attached hydrogens (tertiary/aromatic N) is 4. The average molecular weight is 437 g/mol. The monoisotopic (exact) mass is 436 g/mol. The first-order valence-electron chi connectivity index (χ1n) is 9.59. The maximum atomic E-state index is 13.0. The largest absolute Gasteiger partial charge is 0.382 e. The summed E-state index contributed by atoms with van der Waals surface area (Å²) in [6, 6.07) is 1.70. The molecule has 1 atom stereocenters. The summed E-state index contributed by atoms with van der Waals surface area (Å²) in [5.41, 5.74) is 12.0. The Morgan fingerprint density at radius 2 is 2.03 bits per heavy atom. The van der Waals surface area contributed by atoms with Crippen molar-refractivity contribution in [2.75, 3.05) is 42.7 Å². The Bertz CT molecular complexity index is 989. The summed E-state index contributed by atoms with van der Waals surface area (Å²) in [6.07, 6.45) is 3.59. The molecule has 2 aliphatic rings. The fraction of sp³-hybridized carbons (Fsp3) is 0.526. The van der Waals surface area contributed by atoms with Gasteiger partial charge in [-0.2, -0.15) is 4.98 Å². The summed E-state index contributed by atoms with van der Waals surface area (Å²) in [7, 11) is 1.72. The maximum Gasteiger partial charge on any atom is 0.270 e. The van der Waals surface area contributed by atoms with E-state index in [1.54, 1.807) is 23.9 Å². The third kappa shape index (κ3) is 3.55. The zero-order valence-corrected chi connectivity index (χ0v) is 18.1. The van der Waals surface area contributed by atoms with Crippen LogP contribution in [0.15, 0.2) is 26.8 Å². The highest BCUT2D eigenvalue weighted by Crippen LogP contribution is 2.44. The van der Waals surface area contributed by atoms with Crippen molar-refractivity contribution < 1.29 is 4.74 Å². The molecule has 8 nitrogen and oxygen atoms in total. The molecule has 2 saturated heterocycles. The van der Waals surface area contributed by atoms with Crippen molar-refractivity contribution in [3.05, 3.63) is 27.6 Å². The molecule has 2 aromatic rings. The van der Waals surface area contributed by atoms with Gasteiger partial charge in [0.25, 0.3) is 5.56 Å². The zero-order valence-electron chi connectivity index (χ0n) is 16.5. The van der Waals surface area contributed by atoms with Crippen molar-refractivity contribution in [1.82, 2.24) is 14.5 Å². The van der Waals surface area contributed by atoms with Crippen molar-refractivity contribution in [1.29, 1.82) is 0 Å². The van der Waals surface area contributed by atoms with Crippen LogP contribution in [0.3, 0.4) is 0 Å². The molecule has 2 aromatic heterocycles. The number of aromatic nitrogens is 3. The second kappa shape index (κ2) is 7.70. The van der Waals surface area contributed by atoms with Gasteiger partial charge in [0.1, 0.15) is 16.5 Å². The lowest BCUT2D eigenvalue weighted by molar-refractivity contribution is 0.127. The molecule has 0 bridgehead atoms. The number of nitrogens with two attached hydrogens (primary N) is 2. The molecule has 0 amide bonds. The van der Waals surface area contributed by atoms with E-state index in [1.165, 1.54) is 0 Å². The molecule has 1 spiro atoms. The maximum absolute atomic E-state index is 13.0. The van der Waals surface area contributed by atoms with Crippen LogP contribution in [-0.4, -0.2) is 40.8 Å². The topological polar surface area (TPSA) is 112 Å². The fourth-order valence-corrected chi connectivity index (χ4v) is 5.29. The first-order chi connectivity index (χ1) is 13.8. The minimum atomic E-state index is -0.207. The van der Waals surface area contributed by atoms with Crippen molar-refractivity contribution >= 4 is 40.9 Å². The van der Waals surface area contributed by atoms with Crippen LogP contribution in [0, 0.1) is 11.3 Å². The van der Waals surface area contributed by atoms with Crippen molar-refractivity contribution in [2.24, 2.45) is 18.4 Å². The van der Waals surface area contributed by atoms with Gasteiger partial charge in [0, 0.05) is 43.3 Å². The molecule has 0 aromatic carbocycles. The number of ether oxygens (including phenoxy) is 1. The lowest BCUT2D eigenvalue weighted by Crippen LogP contribution is -2.45. The summed E-state index contributed by atoms with van der Waals surface area (Å²) in [5, 5.41) is 0.303. The molecule has 0 aliphatic carbocycles. The van der Waals surface area contributed by atoms with Gasteiger partial charge < -0.3 is 21.1 Å². The van der Waals surface area contributed by atoms with E-state index >= 15 is 0 Å². The predicted octanol–water partition coefficient (Wildman–Crippen LogP) is 2.40. The van der Waals surface area contributed by atoms with E-state index in [0.717, 1.165) is 50.9 Å². The number of hydrogen-bond acceptors (Lipinski definition) is 8. The van der Waals surface area contributed by atoms with Crippen molar-refractivity contribution in [3.8, 4) is 0 Å². The third-order valence-electron chi connectivity index (χ3n) is 6.19. The fourth-order valence-electron chi connectivity index (χ4n) is 4.14. The Labute approximate surface area is 178 Å². The van der Waals surface area contributed by atoms with Crippen LogP contribution in [0.1, 0.15) is 19.8 Å². The Balaban J connectivity index is 1.59. The van der Waals surface area contributed by atoms with E-state index in [9.17, 15) is 4.79 Å². The quantitative estimate of drug-likeness (QED) is 0.754. The van der Waals surface area contributed by atoms with E-state index in [2.05, 4.69) is 21.8 Å². The molecule has 4 N–H and O–H groups in total. The number of piperidine rings is 1. The predicted molar refractivity (Wildman–Crippen MR) is 116 cm³/mol. The van der Waals surface area contributed by atoms with Gasteiger partial charge in [-0.05, 0) is 24.8 Å². The molecule has 156 valence electrons. The van der Waals surface area contributed by atoms with Crippen molar-refractivity contribution in [3.63, 3.8) is 0 Å². The van der Waals surface area contributed by atoms with Crippen LogP contribution < -0.4 is 21.9 Å². The molecule has 0 saturated carbocycles. The molecule has 2 aliphatic heterocycles. The van der Waals surface area contributed by atoms with Gasteiger partial charge in [-0.25, -0.2) is 4.98 Å². The number of pyridine rings is 1. The molecule has 0 unspecified atom stereocenters. The van der Waals surface area contributed by atoms with Gasteiger partial charge >= 0.3 is 0 Å². The number of halogens is 1. The molecular formula is C19H25ClN6O2S. The third-order valence-corrected chi connectivity index (χ3v) is 7.85. The lowest BCUT2D eigenvalue weighted by Gasteiger charge is -2.41. The number of rotatable bonds is 3. The number of nitrogen functional groups attached to an aromatic ring is 2. The van der Waals surface area contributed by atoms with Crippen LogP contribution in [0.2, 0.25) is 5.02 Å². The Morgan fingerprint density at radius 1 is 1.31 bits per heavy atom. The zero-order chi connectivity index (χ0) is 20.8. The first kappa shape index (κ1) is 20.3. The molecule has 10 heteroatoms. The van der Waals surface area contributed by atoms with E-state index < -0.39 is 0 Å². The first-order valence-corrected chi connectivity index (χ1v) is 10.8. The SMILES string of the molecule is C[C@@H]1COCC12CCN(c1nc(N)c(Sc3ccnc(N)c3Cl)c(=O)n1C)CC2. The second-order valence-electron chi connectivity index (χ2n) is 7.87. The van der Waals surface area contributed by atoms with Crippen LogP contribution in [0.4, 0.5) is 17.6 Å². The number of anilines is 3. The molecule has 0 radical (unpaired) electrons. The summed E-state index contributed by atoms with van der Waals surface area (Å²) < 4.78 is 7.27. The highest BCUT2D eigenvalue weighted by atomic mass is 35.5. The average Bonchev–Trinajstić information content (AvgIpc) is 3.05. The molecule has 2 fully saturated rings. The normalized spacial score (nSPS) is 21.1. The van der Waals surface area contributed by atoms with Crippen molar-refractivity contribution in [2.45, 2.75) is 29.6 Å². The van der Waals surface area contributed by atoms with Gasteiger partial charge in [0.05, 0.1) is 11.6 Å². The standard InChI is InChI=1S/C19H25ClN6O2S/c1-11-9-28-10-19(11)4-7-26(8-5-19)18-24-16(22)14(17(27)25(18)2)29-12-3-6-23-15(21)13(12)20/h3,6,11H,4-5,7-10,22H2,1-2H3,(H2,21,23)/t11-/m1/s1. The van der Waals surface area contributed by atoms with E-state index in [1.807, 2.05) is 0 Å². The smallest absolute Gasteiger partial charge is 0.270 e. The van der Waals surface area contributed by atoms with Gasteiger partial charge in [0.15, 0.2) is 0 Å². The highest BCUT2D eigenvalue weighted by Gasteiger charge is 2.44. The van der Waals surface area contributed by atoms with E-state index in [0.29, 0.717) is 26.7 Å². The molecule has 4 rings (SSSR count). The minimum Gasteiger partial charge on any atom is -0.382 e.